The number of ether oxygens (including phenoxy) is 2. The van der Waals surface area contributed by atoms with Crippen LogP contribution in [0.4, 0.5) is 10.5 Å². The minimum atomic E-state index is -0.901. The maximum Gasteiger partial charge on any atom is 0.407 e. The maximum atomic E-state index is 13.5. The Hall–Kier alpha value is -5.12. The summed E-state index contributed by atoms with van der Waals surface area (Å²) in [5, 5.41) is 9.28. The molecule has 224 valence electrons. The summed E-state index contributed by atoms with van der Waals surface area (Å²) in [7, 11) is 3.19. The standard InChI is InChI=1S/C33H36N4O6/c1-37-21-26(25-14-7-9-17-29(25)37)31(39)36-28(16-10-20-34-33(41)43-22-23-11-4-3-5-12-23)32(40)35-27-15-8-6-13-24(27)18-19-30(38)42-2/h3-9,11-15,17,21,28H,10,16,18-20,22H2,1-2H3,(H,34,41)(H,35,40)(H,36,39)/t28-/m0/s1. The second-order valence-electron chi connectivity index (χ2n) is 10.1. The number of aromatic nitrogens is 1. The average Bonchev–Trinajstić information content (AvgIpc) is 3.37. The molecule has 0 radical (unpaired) electrons. The van der Waals surface area contributed by atoms with Gasteiger partial charge in [-0.1, -0.05) is 66.7 Å². The number of hydrogen-bond donors (Lipinski definition) is 3. The maximum absolute atomic E-state index is 13.5. The fraction of sp³-hybridized carbons (Fsp3) is 0.273. The topological polar surface area (TPSA) is 128 Å². The molecular weight excluding hydrogens is 548 g/mol. The molecule has 43 heavy (non-hydrogen) atoms. The first kappa shape index (κ1) is 30.8. The molecule has 10 nitrogen and oxygen atoms in total. The van der Waals surface area contributed by atoms with Gasteiger partial charge in [0.25, 0.3) is 5.91 Å². The molecule has 0 bridgehead atoms. The van der Waals surface area contributed by atoms with E-state index < -0.39 is 18.0 Å². The lowest BCUT2D eigenvalue weighted by atomic mass is 10.1. The summed E-state index contributed by atoms with van der Waals surface area (Å²) in [6.45, 7) is 0.394. The van der Waals surface area contributed by atoms with E-state index in [1.165, 1.54) is 7.11 Å². The number of rotatable bonds is 13. The highest BCUT2D eigenvalue weighted by Gasteiger charge is 2.24. The van der Waals surface area contributed by atoms with Crippen molar-refractivity contribution in [2.75, 3.05) is 19.0 Å². The van der Waals surface area contributed by atoms with Gasteiger partial charge in [0.15, 0.2) is 0 Å². The smallest absolute Gasteiger partial charge is 0.407 e. The van der Waals surface area contributed by atoms with Crippen LogP contribution in [0.3, 0.4) is 0 Å². The number of amides is 3. The molecule has 0 fully saturated rings. The number of alkyl carbamates (subject to hydrolysis) is 1. The third-order valence-corrected chi connectivity index (χ3v) is 7.02. The van der Waals surface area contributed by atoms with Crippen LogP contribution in [0.15, 0.2) is 85.1 Å². The molecule has 0 saturated heterocycles. The van der Waals surface area contributed by atoms with E-state index in [2.05, 4.69) is 16.0 Å². The number of carbonyl (C=O) groups is 4. The zero-order chi connectivity index (χ0) is 30.6. The third kappa shape index (κ3) is 8.68. The van der Waals surface area contributed by atoms with Crippen molar-refractivity contribution in [1.82, 2.24) is 15.2 Å². The lowest BCUT2D eigenvalue weighted by molar-refractivity contribution is -0.140. The minimum Gasteiger partial charge on any atom is -0.469 e. The van der Waals surface area contributed by atoms with Crippen LogP contribution < -0.4 is 16.0 Å². The molecule has 0 aliphatic rings. The van der Waals surface area contributed by atoms with Crippen molar-refractivity contribution in [3.8, 4) is 0 Å². The number of benzene rings is 3. The molecule has 1 heterocycles. The highest BCUT2D eigenvalue weighted by atomic mass is 16.5. The first-order valence-corrected chi connectivity index (χ1v) is 14.1. The van der Waals surface area contributed by atoms with Crippen LogP contribution in [0, 0.1) is 0 Å². The zero-order valence-corrected chi connectivity index (χ0v) is 24.3. The number of methoxy groups -OCH3 is 1. The van der Waals surface area contributed by atoms with Crippen molar-refractivity contribution in [3.63, 3.8) is 0 Å². The first-order valence-electron chi connectivity index (χ1n) is 14.1. The van der Waals surface area contributed by atoms with E-state index >= 15 is 0 Å². The summed E-state index contributed by atoms with van der Waals surface area (Å²) in [4.78, 5) is 50.8. The Morgan fingerprint density at radius 1 is 0.907 bits per heavy atom. The van der Waals surface area contributed by atoms with E-state index in [1.807, 2.05) is 78.3 Å². The number of anilines is 1. The number of carbonyl (C=O) groups excluding carboxylic acids is 4. The predicted octanol–water partition coefficient (Wildman–Crippen LogP) is 4.73. The second-order valence-corrected chi connectivity index (χ2v) is 10.1. The van der Waals surface area contributed by atoms with Crippen LogP contribution in [-0.2, 0) is 39.1 Å². The quantitative estimate of drug-likeness (QED) is 0.154. The Morgan fingerprint density at radius 2 is 1.63 bits per heavy atom. The van der Waals surface area contributed by atoms with Crippen molar-refractivity contribution < 1.29 is 28.7 Å². The molecule has 0 aliphatic carbocycles. The van der Waals surface area contributed by atoms with Crippen LogP contribution in [-0.4, -0.2) is 48.1 Å². The van der Waals surface area contributed by atoms with E-state index in [0.717, 1.165) is 22.0 Å². The minimum absolute atomic E-state index is 0.147. The lowest BCUT2D eigenvalue weighted by Gasteiger charge is -2.20. The average molecular weight is 585 g/mol. The number of nitrogens with zero attached hydrogens (tertiary/aromatic N) is 1. The Bertz CT molecular complexity index is 1570. The Balaban J connectivity index is 1.42. The van der Waals surface area contributed by atoms with Gasteiger partial charge >= 0.3 is 12.1 Å². The normalized spacial score (nSPS) is 11.4. The summed E-state index contributed by atoms with van der Waals surface area (Å²) in [5.74, 6) is -1.15. The number of fused-ring (bicyclic) bond motifs is 1. The molecule has 0 spiro atoms. The first-order chi connectivity index (χ1) is 20.9. The predicted molar refractivity (Wildman–Crippen MR) is 163 cm³/mol. The van der Waals surface area contributed by atoms with E-state index in [0.29, 0.717) is 24.1 Å². The fourth-order valence-corrected chi connectivity index (χ4v) is 4.72. The van der Waals surface area contributed by atoms with E-state index in [4.69, 9.17) is 9.47 Å². The molecule has 1 atom stereocenters. The summed E-state index contributed by atoms with van der Waals surface area (Å²) in [5.41, 5.74) is 3.53. The van der Waals surface area contributed by atoms with Gasteiger partial charge in [0, 0.05) is 42.8 Å². The summed E-state index contributed by atoms with van der Waals surface area (Å²) >= 11 is 0. The van der Waals surface area contributed by atoms with Gasteiger partial charge < -0.3 is 30.0 Å². The van der Waals surface area contributed by atoms with Crippen LogP contribution in [0.25, 0.3) is 10.9 Å². The summed E-state index contributed by atoms with van der Waals surface area (Å²) < 4.78 is 11.9. The summed E-state index contributed by atoms with van der Waals surface area (Å²) in [6, 6.07) is 23.2. The Morgan fingerprint density at radius 3 is 2.42 bits per heavy atom. The van der Waals surface area contributed by atoms with E-state index in [1.54, 1.807) is 18.3 Å². The molecule has 4 rings (SSSR count). The van der Waals surface area contributed by atoms with Crippen LogP contribution in [0.5, 0.6) is 0 Å². The molecule has 0 unspecified atom stereocenters. The molecule has 3 amide bonds. The van der Waals surface area contributed by atoms with E-state index in [-0.39, 0.29) is 37.9 Å². The highest BCUT2D eigenvalue weighted by Crippen LogP contribution is 2.21. The van der Waals surface area contributed by atoms with Gasteiger partial charge in [-0.25, -0.2) is 4.79 Å². The molecule has 0 saturated carbocycles. The lowest BCUT2D eigenvalue weighted by Crippen LogP contribution is -2.44. The number of nitrogens with one attached hydrogen (secondary N) is 3. The highest BCUT2D eigenvalue weighted by molar-refractivity contribution is 6.09. The molecule has 4 aromatic rings. The molecular formula is C33H36N4O6. The van der Waals surface area contributed by atoms with Crippen LogP contribution >= 0.6 is 0 Å². The molecule has 0 aliphatic heterocycles. The van der Waals surface area contributed by atoms with Gasteiger partial charge in [0.2, 0.25) is 5.91 Å². The fourth-order valence-electron chi connectivity index (χ4n) is 4.72. The zero-order valence-electron chi connectivity index (χ0n) is 24.3. The van der Waals surface area contributed by atoms with Crippen molar-refractivity contribution >= 4 is 40.5 Å². The number of esters is 1. The molecule has 10 heteroatoms. The van der Waals surface area contributed by atoms with Crippen LogP contribution in [0.2, 0.25) is 0 Å². The number of hydrogen-bond acceptors (Lipinski definition) is 6. The summed E-state index contributed by atoms with van der Waals surface area (Å²) in [6.07, 6.45) is 2.37. The molecule has 3 N–H and O–H groups in total. The van der Waals surface area contributed by atoms with Gasteiger partial charge in [-0.2, -0.15) is 0 Å². The Kier molecular flexibility index (Phi) is 10.9. The van der Waals surface area contributed by atoms with Gasteiger partial charge in [0.05, 0.1) is 12.7 Å². The second kappa shape index (κ2) is 15.2. The van der Waals surface area contributed by atoms with Gasteiger partial charge in [-0.15, -0.1) is 0 Å². The van der Waals surface area contributed by atoms with Crippen molar-refractivity contribution in [2.24, 2.45) is 7.05 Å². The van der Waals surface area contributed by atoms with E-state index in [9.17, 15) is 19.2 Å². The SMILES string of the molecule is COC(=O)CCc1ccccc1NC(=O)[C@H](CCCNC(=O)OCc1ccccc1)NC(=O)c1cn(C)c2ccccc12. The number of para-hydroxylation sites is 2. The van der Waals surface area contributed by atoms with Gasteiger partial charge in [-0.05, 0) is 42.5 Å². The van der Waals surface area contributed by atoms with Crippen molar-refractivity contribution in [1.29, 1.82) is 0 Å². The molecule has 3 aromatic carbocycles. The van der Waals surface area contributed by atoms with Crippen LogP contribution in [0.1, 0.15) is 40.7 Å². The largest absolute Gasteiger partial charge is 0.469 e. The van der Waals surface area contributed by atoms with Crippen molar-refractivity contribution in [3.05, 3.63) is 102 Å². The monoisotopic (exact) mass is 584 g/mol. The number of aryl methyl sites for hydroxylation is 2. The Labute approximate surface area is 250 Å². The third-order valence-electron chi connectivity index (χ3n) is 7.02. The van der Waals surface area contributed by atoms with Gasteiger partial charge in [-0.3, -0.25) is 14.4 Å². The van der Waals surface area contributed by atoms with Crippen molar-refractivity contribution in [2.45, 2.75) is 38.3 Å². The molecule has 1 aromatic heterocycles. The van der Waals surface area contributed by atoms with Gasteiger partial charge in [0.1, 0.15) is 12.6 Å².